The Hall–Kier alpha value is 0.137. The van der Waals surface area contributed by atoms with E-state index in [9.17, 15) is 0 Å². The molecule has 2 nitrogen and oxygen atoms in total. The van der Waals surface area contributed by atoms with Gasteiger partial charge >= 0.3 is 8.56 Å². The summed E-state index contributed by atoms with van der Waals surface area (Å²) in [5.41, 5.74) is 0. The molecule has 0 aliphatic heterocycles. The Balaban J connectivity index is 3.76. The number of hydrogen-bond donors (Lipinski definition) is 0. The van der Waals surface area contributed by atoms with E-state index >= 15 is 0 Å². The highest BCUT2D eigenvalue weighted by Crippen LogP contribution is 2.26. The fraction of sp³-hybridized carbons (Fsp3) is 1.00. The van der Waals surface area contributed by atoms with Crippen LogP contribution >= 0.6 is 0 Å². The summed E-state index contributed by atoms with van der Waals surface area (Å²) in [5.74, 6) is 0. The maximum atomic E-state index is 6.31. The Kier molecular flexibility index (Phi) is 23.9. The normalized spacial score (nSPS) is 12.0. The van der Waals surface area contributed by atoms with Crippen LogP contribution in [0.2, 0.25) is 12.1 Å². The molecular formula is C27H58O2Si. The van der Waals surface area contributed by atoms with Crippen molar-refractivity contribution in [2.45, 2.75) is 162 Å². The van der Waals surface area contributed by atoms with Crippen molar-refractivity contribution < 1.29 is 8.85 Å². The van der Waals surface area contributed by atoms with Gasteiger partial charge in [0.05, 0.1) is 0 Å². The third kappa shape index (κ3) is 18.9. The molecule has 0 unspecified atom stereocenters. The van der Waals surface area contributed by atoms with Gasteiger partial charge in [0, 0.05) is 13.2 Å². The van der Waals surface area contributed by atoms with Crippen LogP contribution in [0.1, 0.15) is 150 Å². The summed E-state index contributed by atoms with van der Waals surface area (Å²) < 4.78 is 12.6. The summed E-state index contributed by atoms with van der Waals surface area (Å²) in [6.45, 7) is 10.5. The van der Waals surface area contributed by atoms with Gasteiger partial charge in [0.1, 0.15) is 0 Å². The molecule has 0 aliphatic carbocycles. The van der Waals surface area contributed by atoms with Gasteiger partial charge in [0.25, 0.3) is 0 Å². The lowest BCUT2D eigenvalue weighted by Crippen LogP contribution is -2.42. The number of hydrogen-bond acceptors (Lipinski definition) is 2. The summed E-state index contributed by atoms with van der Waals surface area (Å²) in [6, 6.07) is 2.41. The lowest BCUT2D eigenvalue weighted by atomic mass is 10.0. The van der Waals surface area contributed by atoms with E-state index in [1.54, 1.807) is 0 Å². The largest absolute Gasteiger partial charge is 0.394 e. The highest BCUT2D eigenvalue weighted by molar-refractivity contribution is 6.67. The molecule has 0 N–H and O–H groups in total. The van der Waals surface area contributed by atoms with E-state index < -0.39 is 8.56 Å². The Labute approximate surface area is 192 Å². The Morgan fingerprint density at radius 2 is 0.633 bits per heavy atom. The zero-order valence-corrected chi connectivity index (χ0v) is 22.6. The van der Waals surface area contributed by atoms with Gasteiger partial charge in [-0.2, -0.15) is 0 Å². The Morgan fingerprint density at radius 1 is 0.367 bits per heavy atom. The molecule has 0 heterocycles. The van der Waals surface area contributed by atoms with Crippen LogP contribution in [0.25, 0.3) is 0 Å². The van der Waals surface area contributed by atoms with Crippen molar-refractivity contribution in [3.05, 3.63) is 0 Å². The Morgan fingerprint density at radius 3 is 0.900 bits per heavy atom. The standard InChI is InChI=1S/C27H58O2Si/c1-5-9-11-13-14-15-16-17-18-19-20-21-23-25-27-30(28-7-3,29-8-4)26-24-22-12-10-6-2/h5-27H2,1-4H3. The topological polar surface area (TPSA) is 18.5 Å². The predicted octanol–water partition coefficient (Wildman–Crippen LogP) is 9.95. The van der Waals surface area contributed by atoms with Gasteiger partial charge in [-0.05, 0) is 25.9 Å². The third-order valence-corrected chi connectivity index (χ3v) is 10.2. The fourth-order valence-corrected chi connectivity index (χ4v) is 8.11. The molecule has 0 aromatic rings. The van der Waals surface area contributed by atoms with E-state index in [0.29, 0.717) is 0 Å². The van der Waals surface area contributed by atoms with Gasteiger partial charge in [-0.15, -0.1) is 0 Å². The lowest BCUT2D eigenvalue weighted by Gasteiger charge is -2.30. The van der Waals surface area contributed by atoms with Gasteiger partial charge in [0.2, 0.25) is 0 Å². The first-order chi connectivity index (χ1) is 14.7. The zero-order chi connectivity index (χ0) is 22.2. The van der Waals surface area contributed by atoms with Gasteiger partial charge < -0.3 is 8.85 Å². The van der Waals surface area contributed by atoms with Crippen LogP contribution in [0.5, 0.6) is 0 Å². The van der Waals surface area contributed by atoms with Gasteiger partial charge in [-0.25, -0.2) is 0 Å². The molecule has 0 rings (SSSR count). The molecule has 182 valence electrons. The van der Waals surface area contributed by atoms with Crippen molar-refractivity contribution in [2.75, 3.05) is 13.2 Å². The minimum atomic E-state index is -1.96. The van der Waals surface area contributed by atoms with Crippen LogP contribution in [0, 0.1) is 0 Å². The molecule has 0 spiro atoms. The van der Waals surface area contributed by atoms with Crippen molar-refractivity contribution in [3.63, 3.8) is 0 Å². The molecule has 0 fully saturated rings. The van der Waals surface area contributed by atoms with E-state index in [-0.39, 0.29) is 0 Å². The molecule has 0 bridgehead atoms. The van der Waals surface area contributed by atoms with E-state index in [4.69, 9.17) is 8.85 Å². The highest BCUT2D eigenvalue weighted by Gasteiger charge is 2.35. The molecular weight excluding hydrogens is 384 g/mol. The third-order valence-electron chi connectivity index (χ3n) is 6.39. The van der Waals surface area contributed by atoms with Gasteiger partial charge in [0.15, 0.2) is 0 Å². The minimum Gasteiger partial charge on any atom is -0.394 e. The van der Waals surface area contributed by atoms with Gasteiger partial charge in [-0.3, -0.25) is 0 Å². The average Bonchev–Trinajstić information content (AvgIpc) is 2.74. The molecule has 3 heteroatoms. The second-order valence-corrected chi connectivity index (χ2v) is 12.7. The summed E-state index contributed by atoms with van der Waals surface area (Å²) in [5, 5.41) is 0. The van der Waals surface area contributed by atoms with Crippen LogP contribution in [0.4, 0.5) is 0 Å². The first-order valence-electron chi connectivity index (χ1n) is 14.0. The monoisotopic (exact) mass is 442 g/mol. The zero-order valence-electron chi connectivity index (χ0n) is 21.6. The molecule has 30 heavy (non-hydrogen) atoms. The first kappa shape index (κ1) is 30.1. The van der Waals surface area contributed by atoms with E-state index in [1.807, 2.05) is 0 Å². The summed E-state index contributed by atoms with van der Waals surface area (Å²) in [4.78, 5) is 0. The van der Waals surface area contributed by atoms with Crippen LogP contribution in [0.15, 0.2) is 0 Å². The van der Waals surface area contributed by atoms with Crippen LogP contribution in [-0.4, -0.2) is 21.8 Å². The molecule has 0 aromatic heterocycles. The van der Waals surface area contributed by atoms with Crippen LogP contribution < -0.4 is 0 Å². The van der Waals surface area contributed by atoms with Crippen LogP contribution in [-0.2, 0) is 8.85 Å². The molecule has 0 saturated heterocycles. The molecule has 0 saturated carbocycles. The van der Waals surface area contributed by atoms with Crippen molar-refractivity contribution in [3.8, 4) is 0 Å². The van der Waals surface area contributed by atoms with E-state index in [0.717, 1.165) is 13.2 Å². The second-order valence-electron chi connectivity index (χ2n) is 9.29. The van der Waals surface area contributed by atoms with Crippen molar-refractivity contribution >= 4 is 8.56 Å². The minimum absolute atomic E-state index is 0.819. The number of unbranched alkanes of at least 4 members (excludes halogenated alkanes) is 17. The quantitative estimate of drug-likeness (QED) is 0.103. The van der Waals surface area contributed by atoms with E-state index in [1.165, 1.54) is 134 Å². The summed E-state index contributed by atoms with van der Waals surface area (Å²) in [6.07, 6.45) is 26.6. The smallest absolute Gasteiger partial charge is 0.338 e. The lowest BCUT2D eigenvalue weighted by molar-refractivity contribution is 0.180. The first-order valence-corrected chi connectivity index (χ1v) is 16.3. The molecule has 0 atom stereocenters. The Bertz CT molecular complexity index is 316. The molecule has 0 amide bonds. The highest BCUT2D eigenvalue weighted by atomic mass is 28.4. The summed E-state index contributed by atoms with van der Waals surface area (Å²) >= 11 is 0. The van der Waals surface area contributed by atoms with Crippen molar-refractivity contribution in [1.82, 2.24) is 0 Å². The number of rotatable bonds is 25. The molecule has 0 aromatic carbocycles. The maximum Gasteiger partial charge on any atom is 0.338 e. The average molecular weight is 443 g/mol. The van der Waals surface area contributed by atoms with Crippen LogP contribution in [0.3, 0.4) is 0 Å². The predicted molar refractivity (Wildman–Crippen MR) is 138 cm³/mol. The molecule has 0 radical (unpaired) electrons. The SMILES string of the molecule is CCCCCCCCCCCCCCCC[Si](CCCCCCC)(OCC)OCC. The van der Waals surface area contributed by atoms with Gasteiger partial charge in [-0.1, -0.05) is 136 Å². The van der Waals surface area contributed by atoms with E-state index in [2.05, 4.69) is 27.7 Å². The second kappa shape index (κ2) is 23.8. The fourth-order valence-electron chi connectivity index (χ4n) is 4.57. The van der Waals surface area contributed by atoms with Crippen molar-refractivity contribution in [1.29, 1.82) is 0 Å². The molecule has 0 aliphatic rings. The maximum absolute atomic E-state index is 6.31. The van der Waals surface area contributed by atoms with Crippen molar-refractivity contribution in [2.24, 2.45) is 0 Å². The summed E-state index contributed by atoms with van der Waals surface area (Å²) in [7, 11) is -1.96.